The maximum Gasteiger partial charge on any atom is 0.107 e. The van der Waals surface area contributed by atoms with Crippen LogP contribution in [0.5, 0.6) is 0 Å². The number of nitrogens with zero attached hydrogens (tertiary/aromatic N) is 3. The smallest absolute Gasteiger partial charge is 0.107 e. The van der Waals surface area contributed by atoms with E-state index in [-0.39, 0.29) is 0 Å². The molecule has 0 radical (unpaired) electrons. The number of hydrogen-bond acceptors (Lipinski definition) is 5. The Balaban J connectivity index is 1.78. The number of rotatable bonds is 3. The van der Waals surface area contributed by atoms with E-state index in [4.69, 9.17) is 0 Å². The molecular weight excluding hydrogens is 264 g/mol. The zero-order valence-corrected chi connectivity index (χ0v) is 12.2. The van der Waals surface area contributed by atoms with E-state index in [1.165, 1.54) is 0 Å². The summed E-state index contributed by atoms with van der Waals surface area (Å²) in [5.41, 5.74) is 1.67. The molecule has 1 saturated carbocycles. The summed E-state index contributed by atoms with van der Waals surface area (Å²) in [7, 11) is 1.98. The fraction of sp³-hybridized carbons (Fsp3) is 0.438. The molecule has 2 N–H and O–H groups in total. The lowest BCUT2D eigenvalue weighted by atomic mass is 9.80. The monoisotopic (exact) mass is 284 g/mol. The lowest BCUT2D eigenvalue weighted by Crippen LogP contribution is -2.38. The van der Waals surface area contributed by atoms with Crippen molar-refractivity contribution in [2.24, 2.45) is 0 Å². The van der Waals surface area contributed by atoms with Gasteiger partial charge in [-0.3, -0.25) is 15.0 Å². The molecule has 0 spiro atoms. The highest BCUT2D eigenvalue weighted by molar-refractivity contribution is 5.56. The zero-order chi connectivity index (χ0) is 14.7. The van der Waals surface area contributed by atoms with Gasteiger partial charge < -0.3 is 10.4 Å². The van der Waals surface area contributed by atoms with E-state index < -0.39 is 5.60 Å². The first-order valence-electron chi connectivity index (χ1n) is 7.34. The van der Waals surface area contributed by atoms with Gasteiger partial charge in [0.05, 0.1) is 17.6 Å². The molecule has 0 saturated heterocycles. The fourth-order valence-corrected chi connectivity index (χ4v) is 2.91. The standard InChI is InChI=1S/C16H20N4O/c1-17-13-4-6-16(21,7-5-13)15-3-2-12(10-20-15)14-11-18-8-9-19-14/h2-3,8-11,13,17,21H,4-7H2,1H3. The third kappa shape index (κ3) is 2.94. The van der Waals surface area contributed by atoms with Gasteiger partial charge in [0.2, 0.25) is 0 Å². The van der Waals surface area contributed by atoms with Gasteiger partial charge in [-0.1, -0.05) is 0 Å². The summed E-state index contributed by atoms with van der Waals surface area (Å²) in [5, 5.41) is 14.1. The first-order chi connectivity index (χ1) is 10.2. The molecule has 0 unspecified atom stereocenters. The van der Waals surface area contributed by atoms with Gasteiger partial charge >= 0.3 is 0 Å². The predicted octanol–water partition coefficient (Wildman–Crippen LogP) is 1.89. The van der Waals surface area contributed by atoms with Gasteiger partial charge in [0.1, 0.15) is 5.60 Å². The van der Waals surface area contributed by atoms with Gasteiger partial charge in [0.15, 0.2) is 0 Å². The summed E-state index contributed by atoms with van der Waals surface area (Å²) in [6, 6.07) is 4.36. The second kappa shape index (κ2) is 5.87. The van der Waals surface area contributed by atoms with Crippen molar-refractivity contribution < 1.29 is 5.11 Å². The van der Waals surface area contributed by atoms with Crippen LogP contribution in [0, 0.1) is 0 Å². The van der Waals surface area contributed by atoms with Crippen molar-refractivity contribution in [3.8, 4) is 11.3 Å². The zero-order valence-electron chi connectivity index (χ0n) is 12.2. The number of aliphatic hydroxyl groups is 1. The predicted molar refractivity (Wildman–Crippen MR) is 80.5 cm³/mol. The summed E-state index contributed by atoms with van der Waals surface area (Å²) in [5.74, 6) is 0. The number of hydrogen-bond donors (Lipinski definition) is 2. The van der Waals surface area contributed by atoms with Crippen LogP contribution in [-0.4, -0.2) is 33.1 Å². The summed E-state index contributed by atoms with van der Waals surface area (Å²) in [6.07, 6.45) is 10.2. The molecule has 0 atom stereocenters. The number of aromatic nitrogens is 3. The van der Waals surface area contributed by atoms with Gasteiger partial charge in [-0.25, -0.2) is 0 Å². The SMILES string of the molecule is CNC1CCC(O)(c2ccc(-c3cnccn3)cn2)CC1. The van der Waals surface area contributed by atoms with Crippen LogP contribution in [0.3, 0.4) is 0 Å². The molecule has 21 heavy (non-hydrogen) atoms. The number of pyridine rings is 1. The number of nitrogens with one attached hydrogen (secondary N) is 1. The quantitative estimate of drug-likeness (QED) is 0.900. The topological polar surface area (TPSA) is 70.9 Å². The molecule has 1 aliphatic rings. The molecule has 2 aromatic rings. The van der Waals surface area contributed by atoms with E-state index in [0.717, 1.165) is 42.6 Å². The molecule has 1 aliphatic carbocycles. The van der Waals surface area contributed by atoms with Crippen LogP contribution in [0.1, 0.15) is 31.4 Å². The largest absolute Gasteiger partial charge is 0.384 e. The minimum absolute atomic E-state index is 0.504. The van der Waals surface area contributed by atoms with Crippen molar-refractivity contribution in [3.63, 3.8) is 0 Å². The molecule has 0 aliphatic heterocycles. The minimum Gasteiger partial charge on any atom is -0.384 e. The normalized spacial score (nSPS) is 25.7. The van der Waals surface area contributed by atoms with Crippen molar-refractivity contribution in [3.05, 3.63) is 42.6 Å². The minimum atomic E-state index is -0.797. The van der Waals surface area contributed by atoms with Crippen molar-refractivity contribution >= 4 is 0 Å². The van der Waals surface area contributed by atoms with Crippen LogP contribution in [0.4, 0.5) is 0 Å². The molecule has 0 amide bonds. The lowest BCUT2D eigenvalue weighted by Gasteiger charge is -2.35. The third-order valence-corrected chi connectivity index (χ3v) is 4.32. The third-order valence-electron chi connectivity index (χ3n) is 4.32. The van der Waals surface area contributed by atoms with Gasteiger partial charge in [-0.2, -0.15) is 0 Å². The first kappa shape index (κ1) is 14.1. The van der Waals surface area contributed by atoms with Crippen LogP contribution in [-0.2, 0) is 5.60 Å². The van der Waals surface area contributed by atoms with E-state index in [0.29, 0.717) is 6.04 Å². The average Bonchev–Trinajstić information content (AvgIpc) is 2.57. The maximum absolute atomic E-state index is 10.8. The lowest BCUT2D eigenvalue weighted by molar-refractivity contribution is -0.0115. The fourth-order valence-electron chi connectivity index (χ4n) is 2.91. The summed E-state index contributed by atoms with van der Waals surface area (Å²) < 4.78 is 0. The van der Waals surface area contributed by atoms with E-state index in [2.05, 4.69) is 20.3 Å². The van der Waals surface area contributed by atoms with Crippen LogP contribution in [0.15, 0.2) is 36.9 Å². The molecule has 0 aromatic carbocycles. The Kier molecular flexibility index (Phi) is 3.94. The highest BCUT2D eigenvalue weighted by Crippen LogP contribution is 2.36. The Morgan fingerprint density at radius 3 is 2.52 bits per heavy atom. The maximum atomic E-state index is 10.8. The summed E-state index contributed by atoms with van der Waals surface area (Å²) in [4.78, 5) is 12.8. The first-order valence-corrected chi connectivity index (χ1v) is 7.34. The molecule has 110 valence electrons. The highest BCUT2D eigenvalue weighted by atomic mass is 16.3. The molecule has 2 heterocycles. The molecule has 5 heteroatoms. The van der Waals surface area contributed by atoms with Gasteiger partial charge in [0, 0.05) is 30.2 Å². The summed E-state index contributed by atoms with van der Waals surface area (Å²) in [6.45, 7) is 0. The highest BCUT2D eigenvalue weighted by Gasteiger charge is 2.35. The van der Waals surface area contributed by atoms with Gasteiger partial charge in [-0.05, 0) is 44.9 Å². The van der Waals surface area contributed by atoms with Gasteiger partial charge in [-0.15, -0.1) is 0 Å². The summed E-state index contributed by atoms with van der Waals surface area (Å²) >= 11 is 0. The van der Waals surface area contributed by atoms with Crippen molar-refractivity contribution in [2.75, 3.05) is 7.05 Å². The van der Waals surface area contributed by atoms with E-state index in [1.54, 1.807) is 24.8 Å². The Hall–Kier alpha value is -1.85. The van der Waals surface area contributed by atoms with E-state index >= 15 is 0 Å². The van der Waals surface area contributed by atoms with E-state index in [9.17, 15) is 5.11 Å². The molecule has 2 aromatic heterocycles. The van der Waals surface area contributed by atoms with Crippen LogP contribution < -0.4 is 5.32 Å². The Labute approximate surface area is 124 Å². The second-order valence-electron chi connectivity index (χ2n) is 5.62. The Morgan fingerprint density at radius 1 is 1.14 bits per heavy atom. The van der Waals surface area contributed by atoms with Crippen LogP contribution in [0.25, 0.3) is 11.3 Å². The average molecular weight is 284 g/mol. The van der Waals surface area contributed by atoms with Crippen molar-refractivity contribution in [1.82, 2.24) is 20.3 Å². The Morgan fingerprint density at radius 2 is 1.95 bits per heavy atom. The molecular formula is C16H20N4O. The molecule has 3 rings (SSSR count). The van der Waals surface area contributed by atoms with Crippen molar-refractivity contribution in [2.45, 2.75) is 37.3 Å². The molecule has 5 nitrogen and oxygen atoms in total. The second-order valence-corrected chi connectivity index (χ2v) is 5.62. The Bertz CT molecular complexity index is 577. The van der Waals surface area contributed by atoms with Gasteiger partial charge in [0.25, 0.3) is 0 Å². The molecule has 0 bridgehead atoms. The molecule has 1 fully saturated rings. The van der Waals surface area contributed by atoms with Crippen LogP contribution in [0.2, 0.25) is 0 Å². The van der Waals surface area contributed by atoms with E-state index in [1.807, 2.05) is 19.2 Å². The van der Waals surface area contributed by atoms with Crippen molar-refractivity contribution in [1.29, 1.82) is 0 Å². The van der Waals surface area contributed by atoms with Crippen LogP contribution >= 0.6 is 0 Å².